The van der Waals surface area contributed by atoms with Crippen molar-refractivity contribution in [2.45, 2.75) is 6.92 Å². The van der Waals surface area contributed by atoms with E-state index in [4.69, 9.17) is 14.2 Å². The minimum absolute atomic E-state index is 0.228. The SMILES string of the molecule is CCOC(=O)c1cn2ncc(C#N)c(Nc3ccc(Oc4ccccc4)cc3)c2c1OC. The van der Waals surface area contributed by atoms with Gasteiger partial charge in [0.05, 0.1) is 31.2 Å². The van der Waals surface area contributed by atoms with Gasteiger partial charge in [-0.15, -0.1) is 0 Å². The summed E-state index contributed by atoms with van der Waals surface area (Å²) in [6.45, 7) is 1.96. The van der Waals surface area contributed by atoms with E-state index in [1.165, 1.54) is 24.0 Å². The first-order valence-electron chi connectivity index (χ1n) is 9.90. The normalized spacial score (nSPS) is 10.4. The molecule has 0 amide bonds. The number of hydrogen-bond donors (Lipinski definition) is 1. The molecule has 0 spiro atoms. The monoisotopic (exact) mass is 428 g/mol. The van der Waals surface area contributed by atoms with Gasteiger partial charge in [-0.1, -0.05) is 18.2 Å². The van der Waals surface area contributed by atoms with Crippen molar-refractivity contribution in [3.8, 4) is 23.3 Å². The molecule has 8 heteroatoms. The van der Waals surface area contributed by atoms with Crippen LogP contribution in [-0.4, -0.2) is 29.3 Å². The number of rotatable bonds is 7. The zero-order valence-electron chi connectivity index (χ0n) is 17.5. The van der Waals surface area contributed by atoms with Crippen LogP contribution in [0.25, 0.3) is 5.52 Å². The van der Waals surface area contributed by atoms with Crippen LogP contribution in [0, 0.1) is 11.3 Å². The van der Waals surface area contributed by atoms with E-state index in [0.717, 1.165) is 11.4 Å². The first kappa shape index (κ1) is 20.8. The second-order valence-corrected chi connectivity index (χ2v) is 6.70. The molecule has 8 nitrogen and oxygen atoms in total. The third-order valence-corrected chi connectivity index (χ3v) is 4.68. The molecule has 32 heavy (non-hydrogen) atoms. The Labute approximate surface area is 184 Å². The number of benzene rings is 2. The number of nitrogens with one attached hydrogen (secondary N) is 1. The van der Waals surface area contributed by atoms with Crippen LogP contribution in [0.5, 0.6) is 17.2 Å². The summed E-state index contributed by atoms with van der Waals surface area (Å²) in [5.41, 5.74) is 2.17. The number of carbonyl (C=O) groups excluding carboxylic acids is 1. The summed E-state index contributed by atoms with van der Waals surface area (Å²) in [6, 6.07) is 18.9. The minimum atomic E-state index is -0.526. The smallest absolute Gasteiger partial charge is 0.343 e. The molecule has 2 aromatic heterocycles. The summed E-state index contributed by atoms with van der Waals surface area (Å²) >= 11 is 0. The van der Waals surface area contributed by atoms with Crippen molar-refractivity contribution in [1.82, 2.24) is 9.61 Å². The summed E-state index contributed by atoms with van der Waals surface area (Å²) < 4.78 is 17.9. The lowest BCUT2D eigenvalue weighted by Gasteiger charge is -2.12. The minimum Gasteiger partial charge on any atom is -0.493 e. The van der Waals surface area contributed by atoms with Crippen LogP contribution >= 0.6 is 0 Å². The molecule has 4 aromatic rings. The van der Waals surface area contributed by atoms with E-state index in [9.17, 15) is 10.1 Å². The van der Waals surface area contributed by atoms with Crippen LogP contribution in [0.4, 0.5) is 11.4 Å². The van der Waals surface area contributed by atoms with Gasteiger partial charge in [-0.25, -0.2) is 9.31 Å². The maximum Gasteiger partial charge on any atom is 0.343 e. The maximum absolute atomic E-state index is 12.4. The van der Waals surface area contributed by atoms with Crippen LogP contribution in [0.15, 0.2) is 67.0 Å². The van der Waals surface area contributed by atoms with Crippen LogP contribution in [-0.2, 0) is 4.74 Å². The summed E-state index contributed by atoms with van der Waals surface area (Å²) in [5, 5.41) is 17.1. The van der Waals surface area contributed by atoms with Crippen molar-refractivity contribution >= 4 is 22.9 Å². The predicted octanol–water partition coefficient (Wildman–Crippen LogP) is 4.93. The van der Waals surface area contributed by atoms with E-state index >= 15 is 0 Å². The lowest BCUT2D eigenvalue weighted by atomic mass is 10.2. The van der Waals surface area contributed by atoms with Gasteiger partial charge in [-0.2, -0.15) is 10.4 Å². The molecule has 1 N–H and O–H groups in total. The number of fused-ring (bicyclic) bond motifs is 1. The highest BCUT2D eigenvalue weighted by Crippen LogP contribution is 2.36. The van der Waals surface area contributed by atoms with Crippen molar-refractivity contribution < 1.29 is 19.0 Å². The van der Waals surface area contributed by atoms with Gasteiger partial charge >= 0.3 is 5.97 Å². The Balaban J connectivity index is 1.70. The van der Waals surface area contributed by atoms with Gasteiger partial charge in [0, 0.05) is 11.9 Å². The number of para-hydroxylation sites is 1. The highest BCUT2D eigenvalue weighted by molar-refractivity contribution is 5.99. The molecule has 0 aliphatic rings. The Morgan fingerprint density at radius 3 is 2.50 bits per heavy atom. The Hall–Kier alpha value is -4.51. The molecule has 0 bridgehead atoms. The molecule has 0 fully saturated rings. The highest BCUT2D eigenvalue weighted by atomic mass is 16.5. The number of nitrogens with zero attached hydrogens (tertiary/aromatic N) is 3. The predicted molar refractivity (Wildman–Crippen MR) is 119 cm³/mol. The number of esters is 1. The zero-order valence-corrected chi connectivity index (χ0v) is 17.5. The zero-order chi connectivity index (χ0) is 22.5. The summed E-state index contributed by atoms with van der Waals surface area (Å²) in [7, 11) is 1.45. The Morgan fingerprint density at radius 1 is 1.12 bits per heavy atom. The largest absolute Gasteiger partial charge is 0.493 e. The van der Waals surface area contributed by atoms with E-state index in [1.54, 1.807) is 6.92 Å². The van der Waals surface area contributed by atoms with Crippen molar-refractivity contribution in [3.05, 3.63) is 78.1 Å². The molecular formula is C24H20N4O4. The Kier molecular flexibility index (Phi) is 5.90. The summed E-state index contributed by atoms with van der Waals surface area (Å²) in [5.74, 6) is 1.16. The van der Waals surface area contributed by atoms with Crippen molar-refractivity contribution in [2.24, 2.45) is 0 Å². The second-order valence-electron chi connectivity index (χ2n) is 6.70. The quantitative estimate of drug-likeness (QED) is 0.417. The Morgan fingerprint density at radius 2 is 1.84 bits per heavy atom. The van der Waals surface area contributed by atoms with Gasteiger partial charge in [0.25, 0.3) is 0 Å². The average Bonchev–Trinajstić information content (AvgIpc) is 3.20. The number of hydrogen-bond acceptors (Lipinski definition) is 7. The first-order valence-corrected chi connectivity index (χ1v) is 9.90. The molecule has 160 valence electrons. The van der Waals surface area contributed by atoms with E-state index in [2.05, 4.69) is 16.5 Å². The lowest BCUT2D eigenvalue weighted by molar-refractivity contribution is 0.0523. The van der Waals surface area contributed by atoms with Crippen molar-refractivity contribution in [1.29, 1.82) is 5.26 Å². The highest BCUT2D eigenvalue weighted by Gasteiger charge is 2.24. The molecular weight excluding hydrogens is 408 g/mol. The molecule has 4 rings (SSSR count). The number of aromatic nitrogens is 2. The van der Waals surface area contributed by atoms with Crippen LogP contribution in [0.2, 0.25) is 0 Å². The lowest BCUT2D eigenvalue weighted by Crippen LogP contribution is -2.05. The standard InChI is InChI=1S/C24H20N4O4/c1-3-31-24(29)20-15-28-22(23(20)30-2)21(16(13-25)14-26-28)27-17-9-11-19(12-10-17)32-18-7-5-4-6-8-18/h4-12,14-15,27H,3H2,1-2H3. The fraction of sp³-hybridized carbons (Fsp3) is 0.125. The van der Waals surface area contributed by atoms with Gasteiger partial charge in [-0.05, 0) is 43.3 Å². The van der Waals surface area contributed by atoms with Gasteiger partial charge in [0.15, 0.2) is 5.75 Å². The van der Waals surface area contributed by atoms with Crippen LogP contribution < -0.4 is 14.8 Å². The van der Waals surface area contributed by atoms with E-state index in [-0.39, 0.29) is 17.9 Å². The third kappa shape index (κ3) is 4.04. The molecule has 0 saturated heterocycles. The number of ether oxygens (including phenoxy) is 3. The van der Waals surface area contributed by atoms with E-state index < -0.39 is 5.97 Å². The molecule has 0 aliphatic heterocycles. The van der Waals surface area contributed by atoms with Crippen molar-refractivity contribution in [2.75, 3.05) is 19.0 Å². The number of anilines is 2. The van der Waals surface area contributed by atoms with Crippen LogP contribution in [0.3, 0.4) is 0 Å². The molecule has 2 heterocycles. The molecule has 0 unspecified atom stereocenters. The Bertz CT molecular complexity index is 1290. The fourth-order valence-corrected chi connectivity index (χ4v) is 3.26. The fourth-order valence-electron chi connectivity index (χ4n) is 3.26. The number of carbonyl (C=O) groups is 1. The molecule has 0 radical (unpaired) electrons. The number of methoxy groups -OCH3 is 1. The second kappa shape index (κ2) is 9.10. The van der Waals surface area contributed by atoms with E-state index in [1.807, 2.05) is 54.6 Å². The summed E-state index contributed by atoms with van der Waals surface area (Å²) in [6.07, 6.45) is 2.95. The molecule has 0 saturated carbocycles. The van der Waals surface area contributed by atoms with Gasteiger partial charge in [-0.3, -0.25) is 0 Å². The van der Waals surface area contributed by atoms with Gasteiger partial charge in [0.2, 0.25) is 0 Å². The van der Waals surface area contributed by atoms with Crippen molar-refractivity contribution in [3.63, 3.8) is 0 Å². The molecule has 2 aromatic carbocycles. The number of nitriles is 1. The topological polar surface area (TPSA) is 97.9 Å². The average molecular weight is 428 g/mol. The molecule has 0 atom stereocenters. The first-order chi connectivity index (χ1) is 15.6. The van der Waals surface area contributed by atoms with Gasteiger partial charge < -0.3 is 19.5 Å². The van der Waals surface area contributed by atoms with Crippen LogP contribution in [0.1, 0.15) is 22.8 Å². The maximum atomic E-state index is 12.4. The van der Waals surface area contributed by atoms with Gasteiger partial charge in [0.1, 0.15) is 28.6 Å². The summed E-state index contributed by atoms with van der Waals surface area (Å²) in [4.78, 5) is 12.4. The van der Waals surface area contributed by atoms with E-state index in [0.29, 0.717) is 22.5 Å². The molecule has 0 aliphatic carbocycles. The third-order valence-electron chi connectivity index (χ3n) is 4.68.